The number of hydrogen-bond donors (Lipinski definition) is 1. The average molecular weight is 216 g/mol. The van der Waals surface area contributed by atoms with Crippen molar-refractivity contribution in [1.82, 2.24) is 4.90 Å². The van der Waals surface area contributed by atoms with Gasteiger partial charge < -0.3 is 10.5 Å². The molecule has 0 unspecified atom stereocenters. The van der Waals surface area contributed by atoms with E-state index in [2.05, 4.69) is 6.92 Å². The zero-order chi connectivity index (χ0) is 11.7. The van der Waals surface area contributed by atoms with Gasteiger partial charge >= 0.3 is 0 Å². The summed E-state index contributed by atoms with van der Waals surface area (Å²) < 4.78 is 4.72. The van der Waals surface area contributed by atoms with Crippen LogP contribution in [0.5, 0.6) is 0 Å². The molecule has 0 aromatic carbocycles. The van der Waals surface area contributed by atoms with Crippen molar-refractivity contribution in [2.75, 3.05) is 33.4 Å². The summed E-state index contributed by atoms with van der Waals surface area (Å²) in [6, 6.07) is 0. The highest BCUT2D eigenvalue weighted by Crippen LogP contribution is 1.95. The molecule has 0 rings (SSSR count). The predicted molar refractivity (Wildman–Crippen MR) is 57.4 cm³/mol. The van der Waals surface area contributed by atoms with Gasteiger partial charge in [-0.25, -0.2) is 0 Å². The van der Waals surface area contributed by atoms with Crippen LogP contribution in [0.25, 0.3) is 0 Å². The lowest BCUT2D eigenvalue weighted by molar-refractivity contribution is -0.125. The van der Waals surface area contributed by atoms with E-state index in [0.717, 1.165) is 19.4 Å². The van der Waals surface area contributed by atoms with Crippen molar-refractivity contribution in [2.45, 2.75) is 19.8 Å². The second kappa shape index (κ2) is 8.38. The van der Waals surface area contributed by atoms with Gasteiger partial charge in [-0.05, 0) is 13.0 Å². The maximum atomic E-state index is 11.3. The third-order valence-corrected chi connectivity index (χ3v) is 1.91. The minimum Gasteiger partial charge on any atom is -0.377 e. The molecule has 1 amide bonds. The Morgan fingerprint density at radius 3 is 2.47 bits per heavy atom. The Kier molecular flexibility index (Phi) is 7.85. The van der Waals surface area contributed by atoms with Crippen molar-refractivity contribution < 1.29 is 14.3 Å². The van der Waals surface area contributed by atoms with Crippen molar-refractivity contribution >= 4 is 11.7 Å². The molecule has 0 aliphatic heterocycles. The lowest BCUT2D eigenvalue weighted by Crippen LogP contribution is -2.38. The monoisotopic (exact) mass is 216 g/mol. The Balaban J connectivity index is 3.98. The lowest BCUT2D eigenvalue weighted by atomic mass is 10.3. The van der Waals surface area contributed by atoms with Crippen molar-refractivity contribution in [3.63, 3.8) is 0 Å². The van der Waals surface area contributed by atoms with Gasteiger partial charge in [0, 0.05) is 7.11 Å². The molecule has 0 atom stereocenters. The Morgan fingerprint density at radius 2 is 2.00 bits per heavy atom. The highest BCUT2D eigenvalue weighted by molar-refractivity contribution is 5.82. The summed E-state index contributed by atoms with van der Waals surface area (Å²) in [6.07, 6.45) is 1.97. The predicted octanol–water partition coefficient (Wildman–Crippen LogP) is -0.211. The quantitative estimate of drug-likeness (QED) is 0.579. The lowest BCUT2D eigenvalue weighted by Gasteiger charge is -2.19. The number of hydrogen-bond acceptors (Lipinski definition) is 4. The van der Waals surface area contributed by atoms with E-state index in [1.54, 1.807) is 4.90 Å². The summed E-state index contributed by atoms with van der Waals surface area (Å²) in [5.41, 5.74) is 5.09. The van der Waals surface area contributed by atoms with Crippen LogP contribution < -0.4 is 5.73 Å². The second-order valence-electron chi connectivity index (χ2n) is 3.50. The molecule has 0 fully saturated rings. The number of carbonyl (C=O) groups is 2. The fourth-order valence-electron chi connectivity index (χ4n) is 1.27. The van der Waals surface area contributed by atoms with Gasteiger partial charge in [0.1, 0.15) is 6.61 Å². The fraction of sp³-hybridized carbons (Fsp3) is 0.800. The number of amides is 1. The number of ketones is 1. The zero-order valence-corrected chi connectivity index (χ0v) is 9.49. The van der Waals surface area contributed by atoms with Crippen LogP contribution in [0, 0.1) is 0 Å². The highest BCUT2D eigenvalue weighted by atomic mass is 16.5. The van der Waals surface area contributed by atoms with Gasteiger partial charge in [0.05, 0.1) is 13.1 Å². The van der Waals surface area contributed by atoms with Crippen molar-refractivity contribution in [2.24, 2.45) is 5.73 Å². The minimum atomic E-state index is -0.406. The van der Waals surface area contributed by atoms with Crippen LogP contribution in [-0.2, 0) is 14.3 Å². The van der Waals surface area contributed by atoms with E-state index >= 15 is 0 Å². The molecule has 5 heteroatoms. The summed E-state index contributed by atoms with van der Waals surface area (Å²) in [5.74, 6) is -0.439. The molecule has 0 heterocycles. The largest absolute Gasteiger partial charge is 0.377 e. The van der Waals surface area contributed by atoms with Crippen LogP contribution in [0.4, 0.5) is 0 Å². The Hall–Kier alpha value is -0.940. The second-order valence-corrected chi connectivity index (χ2v) is 3.50. The molecule has 0 radical (unpaired) electrons. The first-order chi connectivity index (χ1) is 7.10. The van der Waals surface area contributed by atoms with Gasteiger partial charge in [-0.3, -0.25) is 14.5 Å². The number of primary amides is 1. The van der Waals surface area contributed by atoms with Crippen molar-refractivity contribution in [3.05, 3.63) is 0 Å². The number of ether oxygens (including phenoxy) is 1. The molecule has 15 heavy (non-hydrogen) atoms. The molecule has 0 aromatic rings. The molecule has 0 aromatic heterocycles. The summed E-state index contributed by atoms with van der Waals surface area (Å²) in [4.78, 5) is 23.8. The van der Waals surface area contributed by atoms with Crippen LogP contribution in [0.3, 0.4) is 0 Å². The number of carbonyl (C=O) groups excluding carboxylic acids is 2. The third-order valence-electron chi connectivity index (χ3n) is 1.91. The van der Waals surface area contributed by atoms with Crippen LogP contribution in [-0.4, -0.2) is 49.9 Å². The van der Waals surface area contributed by atoms with Gasteiger partial charge in [0.15, 0.2) is 5.78 Å². The molecule has 0 aliphatic rings. The minimum absolute atomic E-state index is 0.0325. The maximum absolute atomic E-state index is 11.3. The number of nitrogens with zero attached hydrogens (tertiary/aromatic N) is 1. The summed E-state index contributed by atoms with van der Waals surface area (Å²) >= 11 is 0. The molecule has 88 valence electrons. The smallest absolute Gasteiger partial charge is 0.231 e. The standard InChI is InChI=1S/C10H20N2O3/c1-3-4-5-12(7-10(11)14)6-9(13)8-15-2/h3-8H2,1-2H3,(H2,11,14). The molecule has 0 aliphatic carbocycles. The molecular formula is C10H20N2O3. The van der Waals surface area contributed by atoms with E-state index in [0.29, 0.717) is 0 Å². The summed E-state index contributed by atoms with van der Waals surface area (Å²) in [7, 11) is 1.47. The van der Waals surface area contributed by atoms with Crippen molar-refractivity contribution in [3.8, 4) is 0 Å². The first-order valence-electron chi connectivity index (χ1n) is 5.11. The number of Topliss-reactive ketones (excluding diaryl/α,β-unsaturated/α-hetero) is 1. The van der Waals surface area contributed by atoms with Crippen LogP contribution in [0.15, 0.2) is 0 Å². The first-order valence-corrected chi connectivity index (χ1v) is 5.11. The van der Waals surface area contributed by atoms with Crippen LogP contribution in [0.1, 0.15) is 19.8 Å². The maximum Gasteiger partial charge on any atom is 0.231 e. The van der Waals surface area contributed by atoms with Crippen molar-refractivity contribution in [1.29, 1.82) is 0 Å². The molecule has 5 nitrogen and oxygen atoms in total. The molecule has 0 saturated carbocycles. The molecule has 0 spiro atoms. The summed E-state index contributed by atoms with van der Waals surface area (Å²) in [5, 5.41) is 0. The normalized spacial score (nSPS) is 10.6. The van der Waals surface area contributed by atoms with Gasteiger partial charge in [-0.1, -0.05) is 13.3 Å². The van der Waals surface area contributed by atoms with Gasteiger partial charge in [-0.2, -0.15) is 0 Å². The molecule has 0 saturated heterocycles. The zero-order valence-electron chi connectivity index (χ0n) is 9.49. The van der Waals surface area contributed by atoms with Crippen LogP contribution in [0.2, 0.25) is 0 Å². The Morgan fingerprint density at radius 1 is 1.33 bits per heavy atom. The Bertz CT molecular complexity index is 207. The highest BCUT2D eigenvalue weighted by Gasteiger charge is 2.12. The summed E-state index contributed by atoms with van der Waals surface area (Å²) in [6.45, 7) is 3.22. The molecule has 2 N–H and O–H groups in total. The van der Waals surface area contributed by atoms with Gasteiger partial charge in [0.2, 0.25) is 5.91 Å². The van der Waals surface area contributed by atoms with Gasteiger partial charge in [-0.15, -0.1) is 0 Å². The molecule has 0 bridgehead atoms. The van der Waals surface area contributed by atoms with E-state index in [1.807, 2.05) is 0 Å². The number of nitrogens with two attached hydrogens (primary N) is 1. The average Bonchev–Trinajstić information content (AvgIpc) is 2.13. The number of methoxy groups -OCH3 is 1. The van der Waals surface area contributed by atoms with E-state index in [4.69, 9.17) is 10.5 Å². The SMILES string of the molecule is CCCCN(CC(N)=O)CC(=O)COC. The van der Waals surface area contributed by atoms with Crippen LogP contribution >= 0.6 is 0 Å². The third kappa shape index (κ3) is 8.08. The Labute approximate surface area is 90.6 Å². The number of rotatable bonds is 9. The molecular weight excluding hydrogens is 196 g/mol. The van der Waals surface area contributed by atoms with E-state index < -0.39 is 5.91 Å². The van der Waals surface area contributed by atoms with E-state index in [1.165, 1.54) is 7.11 Å². The van der Waals surface area contributed by atoms with Gasteiger partial charge in [0.25, 0.3) is 0 Å². The van der Waals surface area contributed by atoms with E-state index in [-0.39, 0.29) is 25.5 Å². The van der Waals surface area contributed by atoms with E-state index in [9.17, 15) is 9.59 Å². The number of unbranched alkanes of at least 4 members (excludes halogenated alkanes) is 1. The fourth-order valence-corrected chi connectivity index (χ4v) is 1.27. The topological polar surface area (TPSA) is 72.6 Å². The first kappa shape index (κ1) is 14.1.